The lowest BCUT2D eigenvalue weighted by Crippen LogP contribution is -2.57. The molecule has 11 heteroatoms. The normalized spacial score (nSPS) is 18.8. The second-order valence-corrected chi connectivity index (χ2v) is 10.6. The van der Waals surface area contributed by atoms with Crippen LogP contribution in [0.25, 0.3) is 0 Å². The van der Waals surface area contributed by atoms with Gasteiger partial charge in [-0.3, -0.25) is 19.2 Å². The first-order valence-corrected chi connectivity index (χ1v) is 13.3. The van der Waals surface area contributed by atoms with E-state index in [-0.39, 0.29) is 36.6 Å². The van der Waals surface area contributed by atoms with E-state index in [1.165, 1.54) is 4.90 Å². The quantitative estimate of drug-likeness (QED) is 0.502. The van der Waals surface area contributed by atoms with Crippen LogP contribution in [-0.2, 0) is 9.59 Å². The molecule has 1 aliphatic carbocycles. The zero-order chi connectivity index (χ0) is 27.4. The molecule has 1 aliphatic heterocycles. The molecular formula is C27H28BrF2N3O5. The summed E-state index contributed by atoms with van der Waals surface area (Å²) >= 11 is 3.31. The minimum absolute atomic E-state index is 0.00352. The Morgan fingerprint density at radius 1 is 0.895 bits per heavy atom. The summed E-state index contributed by atoms with van der Waals surface area (Å²) in [5.41, 5.74) is -0.0147. The Morgan fingerprint density at radius 2 is 1.45 bits per heavy atom. The number of carboxylic acid groups (broad SMARTS) is 1. The first-order valence-electron chi connectivity index (χ1n) is 12.5. The maximum Gasteiger partial charge on any atom is 0.305 e. The highest BCUT2D eigenvalue weighted by molar-refractivity contribution is 9.10. The van der Waals surface area contributed by atoms with Crippen LogP contribution in [0.5, 0.6) is 0 Å². The summed E-state index contributed by atoms with van der Waals surface area (Å²) in [6, 6.07) is 8.17. The van der Waals surface area contributed by atoms with Crippen LogP contribution in [0.1, 0.15) is 59.2 Å². The highest BCUT2D eigenvalue weighted by Crippen LogP contribution is 2.29. The second kappa shape index (κ2) is 12.0. The first-order chi connectivity index (χ1) is 18.1. The summed E-state index contributed by atoms with van der Waals surface area (Å²) in [5, 5.41) is 12.3. The standard InChI is InChI=1S/C27H28BrF2N3O5/c28-19-8-6-17(7-9-19)26(37)32-10-11-33(27(38)18-12-20(29)14-21(30)13-18)25(32)24(36)31-22(15-23(34)35)16-4-2-1-3-5-16/h6-9,12-14,16,22,25H,1-5,10-11,15H2,(H,31,36)(H,34,35). The Bertz CT molecular complexity index is 1200. The number of nitrogens with zero attached hydrogens (tertiary/aromatic N) is 2. The first kappa shape index (κ1) is 27.7. The predicted molar refractivity (Wildman–Crippen MR) is 137 cm³/mol. The van der Waals surface area contributed by atoms with Crippen molar-refractivity contribution in [2.45, 2.75) is 50.7 Å². The van der Waals surface area contributed by atoms with E-state index in [1.54, 1.807) is 24.3 Å². The lowest BCUT2D eigenvalue weighted by molar-refractivity contribution is -0.138. The number of amides is 3. The average molecular weight is 592 g/mol. The third-order valence-corrected chi connectivity index (χ3v) is 7.60. The molecule has 2 atom stereocenters. The molecule has 2 unspecified atom stereocenters. The minimum atomic E-state index is -1.43. The summed E-state index contributed by atoms with van der Waals surface area (Å²) in [4.78, 5) is 54.4. The molecule has 0 spiro atoms. The van der Waals surface area contributed by atoms with Gasteiger partial charge in [-0.1, -0.05) is 35.2 Å². The number of carboxylic acids is 1. The lowest BCUT2D eigenvalue weighted by Gasteiger charge is -2.34. The number of aliphatic carboxylic acids is 1. The van der Waals surface area contributed by atoms with Crippen molar-refractivity contribution in [2.75, 3.05) is 13.1 Å². The topological polar surface area (TPSA) is 107 Å². The molecule has 202 valence electrons. The van der Waals surface area contributed by atoms with E-state index in [0.717, 1.165) is 53.6 Å². The number of hydrogen-bond acceptors (Lipinski definition) is 4. The summed E-state index contributed by atoms with van der Waals surface area (Å²) < 4.78 is 28.5. The molecule has 1 saturated heterocycles. The molecule has 2 fully saturated rings. The average Bonchev–Trinajstić information content (AvgIpc) is 3.33. The van der Waals surface area contributed by atoms with E-state index in [4.69, 9.17) is 0 Å². The lowest BCUT2D eigenvalue weighted by atomic mass is 9.82. The highest BCUT2D eigenvalue weighted by atomic mass is 79.9. The van der Waals surface area contributed by atoms with Crippen LogP contribution in [0, 0.1) is 17.6 Å². The molecule has 0 radical (unpaired) electrons. The molecule has 8 nitrogen and oxygen atoms in total. The zero-order valence-corrected chi connectivity index (χ0v) is 22.1. The zero-order valence-electron chi connectivity index (χ0n) is 20.5. The van der Waals surface area contributed by atoms with Gasteiger partial charge in [-0.05, 0) is 55.2 Å². The molecule has 0 bridgehead atoms. The van der Waals surface area contributed by atoms with Crippen LogP contribution in [0.4, 0.5) is 8.78 Å². The second-order valence-electron chi connectivity index (χ2n) is 9.65. The number of carbonyl (C=O) groups excluding carboxylic acids is 3. The summed E-state index contributed by atoms with van der Waals surface area (Å²) in [7, 11) is 0. The fraction of sp³-hybridized carbons (Fsp3) is 0.407. The van der Waals surface area contributed by atoms with Crippen molar-refractivity contribution < 1.29 is 33.1 Å². The maximum atomic E-state index is 13.9. The van der Waals surface area contributed by atoms with E-state index in [1.807, 2.05) is 0 Å². The van der Waals surface area contributed by atoms with Crippen molar-refractivity contribution in [3.63, 3.8) is 0 Å². The van der Waals surface area contributed by atoms with Crippen molar-refractivity contribution >= 4 is 39.6 Å². The van der Waals surface area contributed by atoms with E-state index in [9.17, 15) is 33.1 Å². The molecule has 2 aromatic carbocycles. The summed E-state index contributed by atoms with van der Waals surface area (Å²) in [5.74, 6) is -5.06. The van der Waals surface area contributed by atoms with Gasteiger partial charge in [0.15, 0.2) is 6.17 Å². The van der Waals surface area contributed by atoms with Crippen LogP contribution < -0.4 is 5.32 Å². The monoisotopic (exact) mass is 591 g/mol. The van der Waals surface area contributed by atoms with Gasteiger partial charge >= 0.3 is 5.97 Å². The number of halogens is 3. The molecule has 3 amide bonds. The van der Waals surface area contributed by atoms with Crippen molar-refractivity contribution in [2.24, 2.45) is 5.92 Å². The SMILES string of the molecule is O=C(O)CC(NC(=O)C1N(C(=O)c2ccc(Br)cc2)CCN1C(=O)c1cc(F)cc(F)c1)C1CCCCC1. The minimum Gasteiger partial charge on any atom is -0.481 e. The van der Waals surface area contributed by atoms with Gasteiger partial charge in [-0.15, -0.1) is 0 Å². The molecule has 2 aromatic rings. The van der Waals surface area contributed by atoms with Gasteiger partial charge in [0.2, 0.25) is 0 Å². The molecule has 4 rings (SSSR count). The largest absolute Gasteiger partial charge is 0.481 e. The van der Waals surface area contributed by atoms with E-state index < -0.39 is 47.5 Å². The Labute approximate surface area is 227 Å². The van der Waals surface area contributed by atoms with Crippen molar-refractivity contribution in [3.05, 3.63) is 69.7 Å². The Kier molecular flexibility index (Phi) is 8.76. The van der Waals surface area contributed by atoms with Gasteiger partial charge in [0.25, 0.3) is 17.7 Å². The number of carbonyl (C=O) groups is 4. The van der Waals surface area contributed by atoms with Crippen LogP contribution in [0.2, 0.25) is 0 Å². The maximum absolute atomic E-state index is 13.9. The van der Waals surface area contributed by atoms with Crippen LogP contribution in [0.3, 0.4) is 0 Å². The van der Waals surface area contributed by atoms with Crippen LogP contribution in [-0.4, -0.2) is 63.9 Å². The smallest absolute Gasteiger partial charge is 0.305 e. The fourth-order valence-corrected chi connectivity index (χ4v) is 5.52. The molecule has 2 aliphatic rings. The number of nitrogens with one attached hydrogen (secondary N) is 1. The molecule has 1 heterocycles. The fourth-order valence-electron chi connectivity index (χ4n) is 5.26. The van der Waals surface area contributed by atoms with Gasteiger partial charge in [-0.25, -0.2) is 8.78 Å². The van der Waals surface area contributed by atoms with Gasteiger partial charge in [0.1, 0.15) is 11.6 Å². The summed E-state index contributed by atoms with van der Waals surface area (Å²) in [6.45, 7) is -0.0477. The molecule has 1 saturated carbocycles. The molecule has 0 aromatic heterocycles. The Hall–Kier alpha value is -3.34. The third-order valence-electron chi connectivity index (χ3n) is 7.07. The number of rotatable bonds is 7. The Morgan fingerprint density at radius 3 is 2.00 bits per heavy atom. The molecule has 38 heavy (non-hydrogen) atoms. The predicted octanol–water partition coefficient (Wildman–Crippen LogP) is 4.19. The van der Waals surface area contributed by atoms with Crippen LogP contribution in [0.15, 0.2) is 46.9 Å². The third kappa shape index (κ3) is 6.38. The summed E-state index contributed by atoms with van der Waals surface area (Å²) in [6.07, 6.45) is 2.67. The van der Waals surface area contributed by atoms with Crippen LogP contribution >= 0.6 is 15.9 Å². The van der Waals surface area contributed by atoms with E-state index in [0.29, 0.717) is 6.07 Å². The van der Waals surface area contributed by atoms with Gasteiger partial charge in [-0.2, -0.15) is 0 Å². The molecular weight excluding hydrogens is 564 g/mol. The molecule has 2 N–H and O–H groups in total. The van der Waals surface area contributed by atoms with Gasteiger partial charge in [0.05, 0.1) is 6.42 Å². The van der Waals surface area contributed by atoms with E-state index >= 15 is 0 Å². The van der Waals surface area contributed by atoms with Gasteiger partial charge in [0, 0.05) is 40.8 Å². The van der Waals surface area contributed by atoms with Gasteiger partial charge < -0.3 is 20.2 Å². The van der Waals surface area contributed by atoms with Crippen molar-refractivity contribution in [1.82, 2.24) is 15.1 Å². The highest BCUT2D eigenvalue weighted by Gasteiger charge is 2.44. The van der Waals surface area contributed by atoms with Crippen molar-refractivity contribution in [1.29, 1.82) is 0 Å². The van der Waals surface area contributed by atoms with Crippen molar-refractivity contribution in [3.8, 4) is 0 Å². The Balaban J connectivity index is 1.66. The van der Waals surface area contributed by atoms with E-state index in [2.05, 4.69) is 21.2 Å². The number of hydrogen-bond donors (Lipinski definition) is 2. The number of benzene rings is 2.